The van der Waals surface area contributed by atoms with Crippen molar-refractivity contribution < 1.29 is 29.0 Å². The highest BCUT2D eigenvalue weighted by Crippen LogP contribution is 2.38. The number of ether oxygens (including phenoxy) is 2. The molecule has 0 aliphatic carbocycles. The lowest BCUT2D eigenvalue weighted by Gasteiger charge is -2.44. The van der Waals surface area contributed by atoms with Crippen molar-refractivity contribution in [3.8, 4) is 5.75 Å². The summed E-state index contributed by atoms with van der Waals surface area (Å²) in [6.45, 7) is 3.86. The van der Waals surface area contributed by atoms with Crippen molar-refractivity contribution in [3.05, 3.63) is 18.2 Å². The molecule has 2 saturated heterocycles. The number of benzene rings is 1. The highest BCUT2D eigenvalue weighted by Gasteiger charge is 2.36. The molecule has 2 N–H and O–H groups in total. The van der Waals surface area contributed by atoms with Crippen LogP contribution in [0.5, 0.6) is 5.75 Å². The number of nitrogens with one attached hydrogen (secondary N) is 1. The van der Waals surface area contributed by atoms with Crippen LogP contribution in [0.3, 0.4) is 0 Å². The first-order chi connectivity index (χ1) is 13.4. The molecule has 0 radical (unpaired) electrons. The highest BCUT2D eigenvalue weighted by molar-refractivity contribution is 5.90. The Labute approximate surface area is 161 Å². The van der Waals surface area contributed by atoms with Gasteiger partial charge in [-0.05, 0) is 12.1 Å². The summed E-state index contributed by atoms with van der Waals surface area (Å²) < 4.78 is 11.2. The van der Waals surface area contributed by atoms with Gasteiger partial charge in [-0.1, -0.05) is 0 Å². The van der Waals surface area contributed by atoms with Crippen LogP contribution in [0.4, 0.5) is 21.0 Å². The Kier molecular flexibility index (Phi) is 4.62. The number of carbonyl (C=O) groups excluding carboxylic acids is 2. The van der Waals surface area contributed by atoms with Crippen LogP contribution < -0.4 is 19.9 Å². The van der Waals surface area contributed by atoms with Crippen molar-refractivity contribution in [2.75, 3.05) is 49.1 Å². The quantitative estimate of drug-likeness (QED) is 0.782. The van der Waals surface area contributed by atoms with Gasteiger partial charge in [0.05, 0.1) is 30.5 Å². The predicted octanol–water partition coefficient (Wildman–Crippen LogP) is 0.709. The van der Waals surface area contributed by atoms with E-state index in [0.29, 0.717) is 44.2 Å². The molecule has 150 valence electrons. The summed E-state index contributed by atoms with van der Waals surface area (Å²) in [5, 5.41) is 11.8. The largest absolute Gasteiger partial charge is 0.489 e. The molecule has 3 amide bonds. The van der Waals surface area contributed by atoms with E-state index in [1.54, 1.807) is 6.07 Å². The summed E-state index contributed by atoms with van der Waals surface area (Å²) in [6, 6.07) is 5.50. The van der Waals surface area contributed by atoms with Gasteiger partial charge in [0.1, 0.15) is 18.5 Å². The first kappa shape index (κ1) is 18.2. The zero-order chi connectivity index (χ0) is 19.8. The molecule has 3 aliphatic rings. The van der Waals surface area contributed by atoms with Gasteiger partial charge in [-0.25, -0.2) is 9.59 Å². The van der Waals surface area contributed by atoms with Gasteiger partial charge in [0, 0.05) is 32.6 Å². The highest BCUT2D eigenvalue weighted by atomic mass is 16.6. The van der Waals surface area contributed by atoms with Crippen LogP contribution in [-0.2, 0) is 9.53 Å². The van der Waals surface area contributed by atoms with Crippen molar-refractivity contribution in [2.24, 2.45) is 0 Å². The number of cyclic esters (lactones) is 1. The van der Waals surface area contributed by atoms with E-state index in [2.05, 4.69) is 10.2 Å². The van der Waals surface area contributed by atoms with Crippen LogP contribution in [-0.4, -0.2) is 79.6 Å². The second-order valence-corrected chi connectivity index (χ2v) is 7.09. The van der Waals surface area contributed by atoms with Crippen LogP contribution in [0.2, 0.25) is 0 Å². The lowest BCUT2D eigenvalue weighted by molar-refractivity contribution is -0.119. The fraction of sp³-hybridized carbons (Fsp3) is 0.500. The summed E-state index contributed by atoms with van der Waals surface area (Å²) in [7, 11) is 0. The van der Waals surface area contributed by atoms with Crippen molar-refractivity contribution in [1.29, 1.82) is 0 Å². The Morgan fingerprint density at radius 2 is 2.11 bits per heavy atom. The number of piperazine rings is 1. The third kappa shape index (κ3) is 3.37. The number of carboxylic acid groups (broad SMARTS) is 1. The van der Waals surface area contributed by atoms with Crippen molar-refractivity contribution in [3.63, 3.8) is 0 Å². The van der Waals surface area contributed by atoms with Gasteiger partial charge >= 0.3 is 12.2 Å². The molecule has 1 aromatic carbocycles. The smallest absolute Gasteiger partial charge is 0.414 e. The molecule has 10 heteroatoms. The van der Waals surface area contributed by atoms with Gasteiger partial charge in [-0.2, -0.15) is 0 Å². The second kappa shape index (κ2) is 7.10. The van der Waals surface area contributed by atoms with Gasteiger partial charge in [-0.3, -0.25) is 9.69 Å². The Balaban J connectivity index is 1.48. The van der Waals surface area contributed by atoms with E-state index in [-0.39, 0.29) is 18.5 Å². The molecule has 0 saturated carbocycles. The first-order valence-electron chi connectivity index (χ1n) is 9.16. The minimum Gasteiger partial charge on any atom is -0.489 e. The number of anilines is 2. The maximum Gasteiger partial charge on any atom is 0.414 e. The van der Waals surface area contributed by atoms with Gasteiger partial charge in [0.25, 0.3) is 0 Å². The molecule has 28 heavy (non-hydrogen) atoms. The molecule has 4 rings (SSSR count). The Hall–Kier alpha value is -3.17. The fourth-order valence-corrected chi connectivity index (χ4v) is 3.79. The maximum atomic E-state index is 12.2. The Morgan fingerprint density at radius 3 is 2.86 bits per heavy atom. The Morgan fingerprint density at radius 1 is 1.29 bits per heavy atom. The third-order valence-electron chi connectivity index (χ3n) is 5.20. The second-order valence-electron chi connectivity index (χ2n) is 7.09. The minimum atomic E-state index is -0.915. The molecule has 3 aliphatic heterocycles. The summed E-state index contributed by atoms with van der Waals surface area (Å²) in [5.41, 5.74) is 1.56. The summed E-state index contributed by atoms with van der Waals surface area (Å²) >= 11 is 0. The molecule has 1 aromatic rings. The van der Waals surface area contributed by atoms with E-state index < -0.39 is 18.3 Å². The average Bonchev–Trinajstić information content (AvgIpc) is 3.06. The normalized spacial score (nSPS) is 23.5. The molecule has 10 nitrogen and oxygen atoms in total. The molecule has 3 heterocycles. The molecular formula is C18H22N4O6. The van der Waals surface area contributed by atoms with Crippen molar-refractivity contribution in [2.45, 2.75) is 19.1 Å². The van der Waals surface area contributed by atoms with Gasteiger partial charge < -0.3 is 29.7 Å². The molecule has 0 spiro atoms. The number of rotatable bonds is 3. The standard InChI is InChI=1S/C18H22N4O6/c1-11(23)19-7-14-9-22(18(26)28-14)12-2-3-15-16(6-12)27-10-13-8-20(17(24)25)4-5-21(13)15/h2-3,6,13-14H,4-5,7-10H2,1H3,(H,19,23)(H,24,25). The van der Waals surface area contributed by atoms with Crippen LogP contribution in [0.25, 0.3) is 0 Å². The van der Waals surface area contributed by atoms with E-state index in [1.165, 1.54) is 16.7 Å². The predicted molar refractivity (Wildman–Crippen MR) is 99.0 cm³/mol. The van der Waals surface area contributed by atoms with Crippen LogP contribution in [0, 0.1) is 0 Å². The van der Waals surface area contributed by atoms with Crippen LogP contribution in [0.15, 0.2) is 18.2 Å². The molecule has 0 aromatic heterocycles. The third-order valence-corrected chi connectivity index (χ3v) is 5.20. The van der Waals surface area contributed by atoms with Gasteiger partial charge in [0.15, 0.2) is 0 Å². The number of hydrogen-bond donors (Lipinski definition) is 2. The van der Waals surface area contributed by atoms with E-state index in [4.69, 9.17) is 9.47 Å². The molecule has 0 bridgehead atoms. The average molecular weight is 390 g/mol. The summed E-state index contributed by atoms with van der Waals surface area (Å²) in [4.78, 5) is 39.5. The van der Waals surface area contributed by atoms with Crippen LogP contribution in [0.1, 0.15) is 6.92 Å². The molecular weight excluding hydrogens is 368 g/mol. The topological polar surface area (TPSA) is 112 Å². The van der Waals surface area contributed by atoms with Crippen molar-refractivity contribution >= 4 is 29.5 Å². The maximum absolute atomic E-state index is 12.2. The van der Waals surface area contributed by atoms with E-state index in [1.807, 2.05) is 12.1 Å². The summed E-state index contributed by atoms with van der Waals surface area (Å²) in [6.07, 6.45) is -1.77. The number of fused-ring (bicyclic) bond motifs is 3. The summed E-state index contributed by atoms with van der Waals surface area (Å²) in [5.74, 6) is 0.491. The van der Waals surface area contributed by atoms with E-state index >= 15 is 0 Å². The van der Waals surface area contributed by atoms with Gasteiger partial charge in [0.2, 0.25) is 5.91 Å². The van der Waals surface area contributed by atoms with E-state index in [9.17, 15) is 19.5 Å². The molecule has 2 fully saturated rings. The van der Waals surface area contributed by atoms with Gasteiger partial charge in [-0.15, -0.1) is 0 Å². The monoisotopic (exact) mass is 390 g/mol. The molecule has 2 atom stereocenters. The fourth-order valence-electron chi connectivity index (χ4n) is 3.79. The first-order valence-corrected chi connectivity index (χ1v) is 9.16. The zero-order valence-corrected chi connectivity index (χ0v) is 15.5. The SMILES string of the molecule is CC(=O)NCC1CN(c2ccc3c(c2)OCC2CN(C(=O)O)CCN32)C(=O)O1. The lowest BCUT2D eigenvalue weighted by Crippen LogP contribution is -2.58. The number of hydrogen-bond acceptors (Lipinski definition) is 6. The van der Waals surface area contributed by atoms with Crippen LogP contribution >= 0.6 is 0 Å². The van der Waals surface area contributed by atoms with E-state index in [0.717, 1.165) is 5.69 Å². The Bertz CT molecular complexity index is 815. The number of amides is 3. The van der Waals surface area contributed by atoms with Crippen molar-refractivity contribution in [1.82, 2.24) is 10.2 Å². The number of nitrogens with zero attached hydrogens (tertiary/aromatic N) is 3. The zero-order valence-electron chi connectivity index (χ0n) is 15.5. The lowest BCUT2D eigenvalue weighted by atomic mass is 10.1. The molecule has 2 unspecified atom stereocenters. The minimum absolute atomic E-state index is 0.0259. The number of carbonyl (C=O) groups is 3.